The summed E-state index contributed by atoms with van der Waals surface area (Å²) in [5.41, 5.74) is 3.67. The minimum Gasteiger partial charge on any atom is -0.472 e. The highest BCUT2D eigenvalue weighted by atomic mass is 16.5. The number of benzene rings is 1. The number of carbonyl (C=O) groups excluding carboxylic acids is 1. The molecule has 1 N–H and O–H groups in total. The summed E-state index contributed by atoms with van der Waals surface area (Å²) >= 11 is 0. The van der Waals surface area contributed by atoms with Crippen molar-refractivity contribution in [2.75, 3.05) is 20.3 Å². The lowest BCUT2D eigenvalue weighted by Gasteiger charge is -2.13. The largest absolute Gasteiger partial charge is 0.472 e. The number of aryl methyl sites for hydroxylation is 1. The van der Waals surface area contributed by atoms with Crippen molar-refractivity contribution in [2.45, 2.75) is 19.4 Å². The summed E-state index contributed by atoms with van der Waals surface area (Å²) in [6.45, 7) is 3.16. The molecule has 8 heteroatoms. The maximum atomic E-state index is 12.1. The molecule has 3 heterocycles. The van der Waals surface area contributed by atoms with Crippen LogP contribution in [0.2, 0.25) is 0 Å². The molecule has 0 saturated carbocycles. The van der Waals surface area contributed by atoms with Gasteiger partial charge in [-0.15, -0.1) is 0 Å². The lowest BCUT2D eigenvalue weighted by Crippen LogP contribution is -2.18. The molecule has 1 aromatic carbocycles. The molecule has 0 bridgehead atoms. The molecule has 0 aliphatic carbocycles. The Bertz CT molecular complexity index is 1090. The predicted molar refractivity (Wildman–Crippen MR) is 101 cm³/mol. The molecular weight excluding hydrogens is 358 g/mol. The molecule has 8 nitrogen and oxygen atoms in total. The highest BCUT2D eigenvalue weighted by Gasteiger charge is 2.20. The second-order valence-corrected chi connectivity index (χ2v) is 6.65. The van der Waals surface area contributed by atoms with Crippen molar-refractivity contribution in [3.8, 4) is 23.1 Å². The van der Waals surface area contributed by atoms with Gasteiger partial charge in [-0.05, 0) is 30.7 Å². The van der Waals surface area contributed by atoms with Gasteiger partial charge in [0, 0.05) is 36.4 Å². The fourth-order valence-electron chi connectivity index (χ4n) is 3.19. The van der Waals surface area contributed by atoms with Gasteiger partial charge in [0.15, 0.2) is 5.65 Å². The van der Waals surface area contributed by atoms with E-state index in [4.69, 9.17) is 9.47 Å². The van der Waals surface area contributed by atoms with Crippen LogP contribution in [-0.4, -0.2) is 46.9 Å². The van der Waals surface area contributed by atoms with Crippen LogP contribution in [0, 0.1) is 18.3 Å². The van der Waals surface area contributed by atoms with Crippen molar-refractivity contribution in [2.24, 2.45) is 0 Å². The van der Waals surface area contributed by atoms with Gasteiger partial charge in [0.25, 0.3) is 5.91 Å². The molecule has 1 aliphatic heterocycles. The third kappa shape index (κ3) is 3.28. The van der Waals surface area contributed by atoms with Gasteiger partial charge in [0.2, 0.25) is 5.88 Å². The minimum atomic E-state index is -0.260. The van der Waals surface area contributed by atoms with Crippen LogP contribution in [-0.2, 0) is 4.74 Å². The first-order valence-electron chi connectivity index (χ1n) is 8.96. The first-order valence-corrected chi connectivity index (χ1v) is 8.96. The maximum absolute atomic E-state index is 12.1. The smallest absolute Gasteiger partial charge is 0.251 e. The Morgan fingerprint density at radius 1 is 1.43 bits per heavy atom. The van der Waals surface area contributed by atoms with Crippen molar-refractivity contribution in [1.29, 1.82) is 5.26 Å². The standard InChI is InChI=1S/C20H19N5O3/c1-12-10-25-18(24-20(12)28-16-3-4-27-11-16)17(9-23-25)14-5-13(8-21)6-15(7-14)19(26)22-2/h5-7,9-10,16H,3-4,11H2,1-2H3,(H,22,26)/t16-/m0/s1. The molecule has 3 aromatic rings. The molecule has 28 heavy (non-hydrogen) atoms. The minimum absolute atomic E-state index is 0.0122. The van der Waals surface area contributed by atoms with E-state index in [2.05, 4.69) is 21.5 Å². The summed E-state index contributed by atoms with van der Waals surface area (Å²) in [4.78, 5) is 16.7. The number of ether oxygens (including phenoxy) is 2. The van der Waals surface area contributed by atoms with Crippen molar-refractivity contribution in [3.63, 3.8) is 0 Å². The summed E-state index contributed by atoms with van der Waals surface area (Å²) in [6, 6.07) is 7.10. The quantitative estimate of drug-likeness (QED) is 0.747. The van der Waals surface area contributed by atoms with Gasteiger partial charge in [-0.2, -0.15) is 15.3 Å². The van der Waals surface area contributed by atoms with E-state index in [0.717, 1.165) is 17.5 Å². The van der Waals surface area contributed by atoms with Gasteiger partial charge in [0.05, 0.1) is 31.0 Å². The van der Waals surface area contributed by atoms with Crippen LogP contribution in [0.5, 0.6) is 5.88 Å². The van der Waals surface area contributed by atoms with Gasteiger partial charge in [-0.1, -0.05) is 0 Å². The normalized spacial score (nSPS) is 16.1. The zero-order valence-corrected chi connectivity index (χ0v) is 15.6. The van der Waals surface area contributed by atoms with Crippen molar-refractivity contribution in [3.05, 3.63) is 47.3 Å². The predicted octanol–water partition coefficient (Wildman–Crippen LogP) is 2.10. The zero-order chi connectivity index (χ0) is 19.7. The average Bonchev–Trinajstić information content (AvgIpc) is 3.37. The zero-order valence-electron chi connectivity index (χ0n) is 15.6. The Labute approximate surface area is 161 Å². The van der Waals surface area contributed by atoms with Gasteiger partial charge in [0.1, 0.15) is 6.10 Å². The van der Waals surface area contributed by atoms with E-state index < -0.39 is 0 Å². The molecule has 0 spiro atoms. The summed E-state index contributed by atoms with van der Waals surface area (Å²) in [5.74, 6) is 0.275. The number of amides is 1. The van der Waals surface area contributed by atoms with Gasteiger partial charge in [-0.25, -0.2) is 4.52 Å². The highest BCUT2D eigenvalue weighted by molar-refractivity contribution is 5.96. The Hall–Kier alpha value is -3.44. The van der Waals surface area contributed by atoms with E-state index >= 15 is 0 Å². The Morgan fingerprint density at radius 3 is 3.00 bits per heavy atom. The molecular formula is C20H19N5O3. The summed E-state index contributed by atoms with van der Waals surface area (Å²) in [6.07, 6.45) is 4.35. The Kier molecular flexibility index (Phi) is 4.67. The number of rotatable bonds is 4. The van der Waals surface area contributed by atoms with Crippen molar-refractivity contribution >= 4 is 11.6 Å². The Balaban J connectivity index is 1.80. The van der Waals surface area contributed by atoms with E-state index in [9.17, 15) is 10.1 Å². The second-order valence-electron chi connectivity index (χ2n) is 6.65. The number of nitriles is 1. The maximum Gasteiger partial charge on any atom is 0.251 e. The average molecular weight is 377 g/mol. The van der Waals surface area contributed by atoms with Crippen LogP contribution in [0.4, 0.5) is 0 Å². The SMILES string of the molecule is CNC(=O)c1cc(C#N)cc(-c2cnn3cc(C)c(O[C@H]4CCOC4)nc23)c1. The molecule has 4 rings (SSSR count). The third-order valence-corrected chi connectivity index (χ3v) is 4.66. The van der Waals surface area contributed by atoms with Crippen LogP contribution >= 0.6 is 0 Å². The van der Waals surface area contributed by atoms with Crippen LogP contribution < -0.4 is 10.1 Å². The van der Waals surface area contributed by atoms with E-state index in [0.29, 0.717) is 41.4 Å². The molecule has 1 amide bonds. The lowest BCUT2D eigenvalue weighted by atomic mass is 10.0. The summed E-state index contributed by atoms with van der Waals surface area (Å²) < 4.78 is 13.0. The van der Waals surface area contributed by atoms with Crippen LogP contribution in [0.1, 0.15) is 27.9 Å². The monoisotopic (exact) mass is 377 g/mol. The summed E-state index contributed by atoms with van der Waals surface area (Å²) in [7, 11) is 1.55. The number of carbonyl (C=O) groups is 1. The van der Waals surface area contributed by atoms with Crippen molar-refractivity contribution < 1.29 is 14.3 Å². The number of hydrogen-bond acceptors (Lipinski definition) is 6. The van der Waals surface area contributed by atoms with Crippen molar-refractivity contribution in [1.82, 2.24) is 19.9 Å². The molecule has 2 aromatic heterocycles. The van der Waals surface area contributed by atoms with Gasteiger partial charge in [-0.3, -0.25) is 4.79 Å². The molecule has 0 unspecified atom stereocenters. The molecule has 1 saturated heterocycles. The number of nitrogens with one attached hydrogen (secondary N) is 1. The molecule has 1 fully saturated rings. The molecule has 0 radical (unpaired) electrons. The number of hydrogen-bond donors (Lipinski definition) is 1. The van der Waals surface area contributed by atoms with Crippen LogP contribution in [0.3, 0.4) is 0 Å². The fraction of sp³-hybridized carbons (Fsp3) is 0.300. The van der Waals surface area contributed by atoms with Crippen LogP contribution in [0.25, 0.3) is 16.8 Å². The molecule has 1 aliphatic rings. The van der Waals surface area contributed by atoms with E-state index in [1.165, 1.54) is 0 Å². The van der Waals surface area contributed by atoms with E-state index in [1.807, 2.05) is 13.1 Å². The number of fused-ring (bicyclic) bond motifs is 1. The molecule has 142 valence electrons. The Morgan fingerprint density at radius 2 is 2.29 bits per heavy atom. The fourth-order valence-corrected chi connectivity index (χ4v) is 3.19. The van der Waals surface area contributed by atoms with E-state index in [1.54, 1.807) is 36.0 Å². The van der Waals surface area contributed by atoms with Crippen LogP contribution in [0.15, 0.2) is 30.6 Å². The summed E-state index contributed by atoms with van der Waals surface area (Å²) in [5, 5.41) is 16.3. The lowest BCUT2D eigenvalue weighted by molar-refractivity contribution is 0.0963. The third-order valence-electron chi connectivity index (χ3n) is 4.66. The number of nitrogens with zero attached hydrogens (tertiary/aromatic N) is 4. The second kappa shape index (κ2) is 7.29. The number of aromatic nitrogens is 3. The highest BCUT2D eigenvalue weighted by Crippen LogP contribution is 2.28. The van der Waals surface area contributed by atoms with E-state index in [-0.39, 0.29) is 12.0 Å². The van der Waals surface area contributed by atoms with Gasteiger partial charge < -0.3 is 14.8 Å². The first-order chi connectivity index (χ1) is 13.6. The first kappa shape index (κ1) is 17.9. The van der Waals surface area contributed by atoms with Gasteiger partial charge >= 0.3 is 0 Å². The topological polar surface area (TPSA) is 102 Å². The molecule has 1 atom stereocenters.